The Hall–Kier alpha value is -2.58. The molecule has 0 aromatic heterocycles. The van der Waals surface area contributed by atoms with Gasteiger partial charge >= 0.3 is 0 Å². The Labute approximate surface area is 164 Å². The summed E-state index contributed by atoms with van der Waals surface area (Å²) in [5, 5.41) is 0. The van der Waals surface area contributed by atoms with Crippen molar-refractivity contribution in [2.24, 2.45) is 5.73 Å². The van der Waals surface area contributed by atoms with Crippen molar-refractivity contribution in [3.63, 3.8) is 0 Å². The third kappa shape index (κ3) is 3.45. The minimum atomic E-state index is -3.70. The summed E-state index contributed by atoms with van der Waals surface area (Å²) < 4.78 is 39.3. The average molecular weight is 402 g/mol. The second kappa shape index (κ2) is 7.44. The number of carbonyl (C=O) groups is 1. The van der Waals surface area contributed by atoms with Gasteiger partial charge in [-0.15, -0.1) is 0 Å². The van der Waals surface area contributed by atoms with Gasteiger partial charge in [0.1, 0.15) is 0 Å². The van der Waals surface area contributed by atoms with E-state index in [4.69, 9.17) is 15.2 Å². The molecular formula is C20H22N2O5S. The molecule has 2 aliphatic heterocycles. The van der Waals surface area contributed by atoms with Crippen molar-refractivity contribution in [1.29, 1.82) is 0 Å². The molecule has 8 heteroatoms. The van der Waals surface area contributed by atoms with Crippen LogP contribution in [0.2, 0.25) is 0 Å². The van der Waals surface area contributed by atoms with Crippen LogP contribution in [-0.2, 0) is 10.0 Å². The lowest BCUT2D eigenvalue weighted by atomic mass is 10.0. The fraction of sp³-hybridized carbons (Fsp3) is 0.350. The molecule has 1 amide bonds. The van der Waals surface area contributed by atoms with E-state index in [2.05, 4.69) is 0 Å². The highest BCUT2D eigenvalue weighted by molar-refractivity contribution is 7.89. The van der Waals surface area contributed by atoms with Gasteiger partial charge in [0.15, 0.2) is 11.5 Å². The molecule has 0 unspecified atom stereocenters. The minimum absolute atomic E-state index is 0.152. The van der Waals surface area contributed by atoms with Crippen LogP contribution in [0.5, 0.6) is 11.5 Å². The topological polar surface area (TPSA) is 98.9 Å². The molecule has 2 aliphatic rings. The summed E-state index contributed by atoms with van der Waals surface area (Å²) in [7, 11) is -3.70. The second-order valence-corrected chi connectivity index (χ2v) is 8.81. The van der Waals surface area contributed by atoms with Crippen LogP contribution >= 0.6 is 0 Å². The van der Waals surface area contributed by atoms with Gasteiger partial charge in [-0.1, -0.05) is 6.07 Å². The van der Waals surface area contributed by atoms with E-state index >= 15 is 0 Å². The number of fused-ring (bicyclic) bond motifs is 1. The lowest BCUT2D eigenvalue weighted by molar-refractivity contribution is 0.1000. The maximum atomic E-state index is 13.2. The average Bonchev–Trinajstić information content (AvgIpc) is 3.08. The third-order valence-corrected chi connectivity index (χ3v) is 7.03. The molecule has 0 aliphatic carbocycles. The SMILES string of the molecule is NC(=O)c1ccc(S(=O)(=O)N2CCC[C@@H]2c2ccc3c(c2)OCCCO3)cc1. The van der Waals surface area contributed by atoms with Gasteiger partial charge < -0.3 is 15.2 Å². The molecule has 1 saturated heterocycles. The molecule has 1 fully saturated rings. The lowest BCUT2D eigenvalue weighted by Gasteiger charge is -2.25. The van der Waals surface area contributed by atoms with Gasteiger partial charge in [0.05, 0.1) is 24.2 Å². The van der Waals surface area contributed by atoms with E-state index in [0.29, 0.717) is 31.3 Å². The van der Waals surface area contributed by atoms with Crippen molar-refractivity contribution < 1.29 is 22.7 Å². The molecule has 0 spiro atoms. The zero-order valence-corrected chi connectivity index (χ0v) is 16.2. The lowest BCUT2D eigenvalue weighted by Crippen LogP contribution is -2.30. The number of sulfonamides is 1. The zero-order valence-electron chi connectivity index (χ0n) is 15.3. The highest BCUT2D eigenvalue weighted by Crippen LogP contribution is 2.40. The van der Waals surface area contributed by atoms with Crippen molar-refractivity contribution in [3.8, 4) is 11.5 Å². The largest absolute Gasteiger partial charge is 0.490 e. The summed E-state index contributed by atoms with van der Waals surface area (Å²) in [6, 6.07) is 11.1. The quantitative estimate of drug-likeness (QED) is 0.847. The number of rotatable bonds is 4. The molecule has 1 atom stereocenters. The van der Waals surface area contributed by atoms with Crippen molar-refractivity contribution in [2.75, 3.05) is 19.8 Å². The van der Waals surface area contributed by atoms with Crippen LogP contribution in [0.4, 0.5) is 0 Å². The van der Waals surface area contributed by atoms with E-state index < -0.39 is 15.9 Å². The van der Waals surface area contributed by atoms with Gasteiger partial charge in [-0.3, -0.25) is 4.79 Å². The van der Waals surface area contributed by atoms with Gasteiger partial charge in [0.25, 0.3) is 0 Å². The number of nitrogens with zero attached hydrogens (tertiary/aromatic N) is 1. The summed E-state index contributed by atoms with van der Waals surface area (Å²) in [6.45, 7) is 1.63. The first-order valence-corrected chi connectivity index (χ1v) is 10.7. The maximum absolute atomic E-state index is 13.2. The molecule has 2 heterocycles. The first-order chi connectivity index (χ1) is 13.5. The van der Waals surface area contributed by atoms with Crippen molar-refractivity contribution in [3.05, 3.63) is 53.6 Å². The number of ether oxygens (including phenoxy) is 2. The van der Waals surface area contributed by atoms with Crippen LogP contribution in [0.25, 0.3) is 0 Å². The molecule has 28 heavy (non-hydrogen) atoms. The molecule has 2 aromatic carbocycles. The molecule has 4 rings (SSSR count). The van der Waals surface area contributed by atoms with E-state index in [9.17, 15) is 13.2 Å². The van der Waals surface area contributed by atoms with E-state index in [1.54, 1.807) is 0 Å². The fourth-order valence-corrected chi connectivity index (χ4v) is 5.36. The smallest absolute Gasteiger partial charge is 0.248 e. The normalized spacial score (nSPS) is 19.9. The molecule has 0 saturated carbocycles. The maximum Gasteiger partial charge on any atom is 0.248 e. The van der Waals surface area contributed by atoms with Crippen LogP contribution in [0.3, 0.4) is 0 Å². The molecular weight excluding hydrogens is 380 g/mol. The molecule has 148 valence electrons. The van der Waals surface area contributed by atoms with Crippen molar-refractivity contribution >= 4 is 15.9 Å². The number of nitrogens with two attached hydrogens (primary N) is 1. The van der Waals surface area contributed by atoms with Gasteiger partial charge in [0.2, 0.25) is 15.9 Å². The zero-order chi connectivity index (χ0) is 19.7. The van der Waals surface area contributed by atoms with Crippen LogP contribution < -0.4 is 15.2 Å². The summed E-state index contributed by atoms with van der Waals surface area (Å²) in [5.74, 6) is 0.760. The van der Waals surface area contributed by atoms with Crippen molar-refractivity contribution in [1.82, 2.24) is 4.31 Å². The monoisotopic (exact) mass is 402 g/mol. The molecule has 0 bridgehead atoms. The van der Waals surface area contributed by atoms with Crippen LogP contribution in [-0.4, -0.2) is 38.4 Å². The number of carbonyl (C=O) groups excluding carboxylic acids is 1. The predicted octanol–water partition coefficient (Wildman–Crippen LogP) is 2.47. The van der Waals surface area contributed by atoms with Gasteiger partial charge in [-0.2, -0.15) is 4.31 Å². The highest BCUT2D eigenvalue weighted by Gasteiger charge is 2.36. The first-order valence-electron chi connectivity index (χ1n) is 9.28. The summed E-state index contributed by atoms with van der Waals surface area (Å²) >= 11 is 0. The Kier molecular flexibility index (Phi) is 4.99. The van der Waals surface area contributed by atoms with Gasteiger partial charge in [-0.05, 0) is 54.8 Å². The van der Waals surface area contributed by atoms with E-state index in [-0.39, 0.29) is 16.5 Å². The molecule has 7 nitrogen and oxygen atoms in total. The third-order valence-electron chi connectivity index (χ3n) is 5.11. The van der Waals surface area contributed by atoms with Crippen LogP contribution in [0.15, 0.2) is 47.4 Å². The van der Waals surface area contributed by atoms with Crippen LogP contribution in [0, 0.1) is 0 Å². The standard InChI is InChI=1S/C20H22N2O5S/c21-20(23)14-4-7-16(8-5-14)28(24,25)22-10-1-3-17(22)15-6-9-18-19(13-15)27-12-2-11-26-18/h4-9,13,17H,1-3,10-12H2,(H2,21,23)/t17-/m1/s1. The predicted molar refractivity (Wildman–Crippen MR) is 103 cm³/mol. The number of hydrogen-bond donors (Lipinski definition) is 1. The number of benzene rings is 2. The highest BCUT2D eigenvalue weighted by atomic mass is 32.2. The Morgan fingerprint density at radius 1 is 1.00 bits per heavy atom. The van der Waals surface area contributed by atoms with E-state index in [0.717, 1.165) is 24.8 Å². The summed E-state index contributed by atoms with van der Waals surface area (Å²) in [6.07, 6.45) is 2.32. The van der Waals surface area contributed by atoms with Gasteiger partial charge in [0, 0.05) is 18.5 Å². The Morgan fingerprint density at radius 3 is 2.43 bits per heavy atom. The van der Waals surface area contributed by atoms with Crippen molar-refractivity contribution in [2.45, 2.75) is 30.2 Å². The minimum Gasteiger partial charge on any atom is -0.490 e. The Bertz CT molecular complexity index is 988. The number of primary amides is 1. The Morgan fingerprint density at radius 2 is 1.71 bits per heavy atom. The van der Waals surface area contributed by atoms with Crippen LogP contribution in [0.1, 0.15) is 41.2 Å². The summed E-state index contributed by atoms with van der Waals surface area (Å²) in [5.41, 5.74) is 6.40. The molecule has 2 N–H and O–H groups in total. The fourth-order valence-electron chi connectivity index (χ4n) is 3.67. The first kappa shape index (κ1) is 18.8. The van der Waals surface area contributed by atoms with E-state index in [1.807, 2.05) is 18.2 Å². The number of hydrogen-bond acceptors (Lipinski definition) is 5. The second-order valence-electron chi connectivity index (χ2n) is 6.92. The van der Waals surface area contributed by atoms with Gasteiger partial charge in [-0.25, -0.2) is 8.42 Å². The van der Waals surface area contributed by atoms with E-state index in [1.165, 1.54) is 28.6 Å². The summed E-state index contributed by atoms with van der Waals surface area (Å²) in [4.78, 5) is 11.4. The number of amides is 1. The molecule has 2 aromatic rings. The molecule has 0 radical (unpaired) electrons. The Balaban J connectivity index is 1.64.